The van der Waals surface area contributed by atoms with Gasteiger partial charge in [-0.3, -0.25) is 14.4 Å². The van der Waals surface area contributed by atoms with E-state index in [0.29, 0.717) is 19.3 Å². The van der Waals surface area contributed by atoms with Crippen molar-refractivity contribution in [3.8, 4) is 0 Å². The summed E-state index contributed by atoms with van der Waals surface area (Å²) in [7, 11) is 0. The summed E-state index contributed by atoms with van der Waals surface area (Å²) in [5, 5.41) is 0. The lowest BCUT2D eigenvalue weighted by atomic mass is 10.1. The summed E-state index contributed by atoms with van der Waals surface area (Å²) in [6, 6.07) is 0. The highest BCUT2D eigenvalue weighted by Gasteiger charge is 2.19. The molecule has 0 rings (SSSR count). The minimum atomic E-state index is -0.798. The van der Waals surface area contributed by atoms with Crippen LogP contribution in [-0.4, -0.2) is 37.2 Å². The number of hydrogen-bond acceptors (Lipinski definition) is 6. The van der Waals surface area contributed by atoms with Crippen LogP contribution in [0.3, 0.4) is 0 Å². The summed E-state index contributed by atoms with van der Waals surface area (Å²) >= 11 is 0. The van der Waals surface area contributed by atoms with E-state index in [2.05, 4.69) is 45.1 Å². The van der Waals surface area contributed by atoms with Gasteiger partial charge < -0.3 is 14.2 Å². The van der Waals surface area contributed by atoms with E-state index >= 15 is 0 Å². The maximum Gasteiger partial charge on any atom is 0.306 e. The van der Waals surface area contributed by atoms with Gasteiger partial charge in [0.2, 0.25) is 0 Å². The molecule has 280 valence electrons. The first kappa shape index (κ1) is 46.1. The Morgan fingerprint density at radius 3 is 1.39 bits per heavy atom. The zero-order chi connectivity index (χ0) is 35.9. The van der Waals surface area contributed by atoms with Gasteiger partial charge in [-0.25, -0.2) is 0 Å². The Morgan fingerprint density at radius 1 is 0.429 bits per heavy atom. The maximum atomic E-state index is 12.6. The molecule has 6 heteroatoms. The monoisotopic (exact) mass is 685 g/mol. The van der Waals surface area contributed by atoms with Crippen molar-refractivity contribution < 1.29 is 28.6 Å². The zero-order valence-corrected chi connectivity index (χ0v) is 31.7. The summed E-state index contributed by atoms with van der Waals surface area (Å²) < 4.78 is 16.5. The van der Waals surface area contributed by atoms with Gasteiger partial charge in [-0.05, 0) is 57.8 Å². The van der Waals surface area contributed by atoms with Gasteiger partial charge in [0.25, 0.3) is 0 Å². The summed E-state index contributed by atoms with van der Waals surface area (Å²) in [5.41, 5.74) is 0. The lowest BCUT2D eigenvalue weighted by Gasteiger charge is -2.18. The highest BCUT2D eigenvalue weighted by Crippen LogP contribution is 2.12. The summed E-state index contributed by atoms with van der Waals surface area (Å²) in [5.74, 6) is -0.988. The van der Waals surface area contributed by atoms with E-state index < -0.39 is 6.10 Å². The van der Waals surface area contributed by atoms with Crippen LogP contribution in [0, 0.1) is 0 Å². The summed E-state index contributed by atoms with van der Waals surface area (Å²) in [6.07, 6.45) is 43.6. The van der Waals surface area contributed by atoms with Gasteiger partial charge in [-0.2, -0.15) is 0 Å². The fraction of sp³-hybridized carbons (Fsp3) is 0.698. The molecular weight excluding hydrogens is 612 g/mol. The maximum absolute atomic E-state index is 12.6. The van der Waals surface area contributed by atoms with Crippen molar-refractivity contribution in [2.24, 2.45) is 0 Å². The first-order chi connectivity index (χ1) is 24.0. The molecule has 0 saturated heterocycles. The van der Waals surface area contributed by atoms with Crippen molar-refractivity contribution in [3.63, 3.8) is 0 Å². The lowest BCUT2D eigenvalue weighted by Crippen LogP contribution is -2.30. The number of ether oxygens (including phenoxy) is 3. The molecule has 0 aromatic carbocycles. The first-order valence-electron chi connectivity index (χ1n) is 19.8. The van der Waals surface area contributed by atoms with Crippen molar-refractivity contribution >= 4 is 17.9 Å². The highest BCUT2D eigenvalue weighted by atomic mass is 16.6. The molecule has 0 saturated carbocycles. The first-order valence-corrected chi connectivity index (χ1v) is 19.8. The Labute approximate surface area is 300 Å². The number of esters is 3. The third kappa shape index (κ3) is 36.2. The van der Waals surface area contributed by atoms with Gasteiger partial charge in [0.1, 0.15) is 13.2 Å². The van der Waals surface area contributed by atoms with Gasteiger partial charge in [-0.15, -0.1) is 0 Å². The van der Waals surface area contributed by atoms with Crippen molar-refractivity contribution in [2.75, 3.05) is 13.2 Å². The van der Waals surface area contributed by atoms with Gasteiger partial charge in [0.15, 0.2) is 6.10 Å². The van der Waals surface area contributed by atoms with Crippen molar-refractivity contribution in [1.82, 2.24) is 0 Å². The van der Waals surface area contributed by atoms with Crippen LogP contribution in [0.4, 0.5) is 0 Å². The van der Waals surface area contributed by atoms with Gasteiger partial charge in [-0.1, -0.05) is 159 Å². The molecule has 1 unspecified atom stereocenters. The van der Waals surface area contributed by atoms with Crippen LogP contribution in [0.15, 0.2) is 60.8 Å². The average Bonchev–Trinajstić information content (AvgIpc) is 3.10. The Bertz CT molecular complexity index is 929. The van der Waals surface area contributed by atoms with E-state index in [4.69, 9.17) is 14.2 Å². The van der Waals surface area contributed by atoms with Gasteiger partial charge in [0.05, 0.1) is 0 Å². The van der Waals surface area contributed by atoms with E-state index in [9.17, 15) is 14.4 Å². The quantitative estimate of drug-likeness (QED) is 0.0221. The minimum Gasteiger partial charge on any atom is -0.462 e. The third-order valence-corrected chi connectivity index (χ3v) is 8.10. The van der Waals surface area contributed by atoms with Gasteiger partial charge >= 0.3 is 17.9 Å². The van der Waals surface area contributed by atoms with E-state index in [1.54, 1.807) is 0 Å². The lowest BCUT2D eigenvalue weighted by molar-refractivity contribution is -0.167. The van der Waals surface area contributed by atoms with Crippen molar-refractivity contribution in [1.29, 1.82) is 0 Å². The molecule has 0 spiro atoms. The summed E-state index contributed by atoms with van der Waals surface area (Å²) in [4.78, 5) is 37.4. The number of allylic oxidation sites excluding steroid dienone is 10. The van der Waals surface area contributed by atoms with Crippen LogP contribution in [-0.2, 0) is 28.6 Å². The van der Waals surface area contributed by atoms with Crippen LogP contribution >= 0.6 is 0 Å². The number of carbonyl (C=O) groups excluding carboxylic acids is 3. The van der Waals surface area contributed by atoms with E-state index in [-0.39, 0.29) is 37.5 Å². The Kier molecular flexibility index (Phi) is 35.7. The second-order valence-corrected chi connectivity index (χ2v) is 12.9. The zero-order valence-electron chi connectivity index (χ0n) is 31.7. The van der Waals surface area contributed by atoms with E-state index in [1.165, 1.54) is 64.2 Å². The molecule has 0 heterocycles. The SMILES string of the molecule is CC\C=C/C=C\C=C/C=C\CCCCCC(=O)OCC(COC(=O)CCCCCCCCCCC)OC(=O)CCC/C=C\CCCCCC. The minimum absolute atomic E-state index is 0.0983. The fourth-order valence-electron chi connectivity index (χ4n) is 5.10. The standard InChI is InChI=1S/C43H72O6/c1-4-7-10-13-16-19-20-21-22-25-27-30-33-36-42(45)48-39-40(49-43(46)37-34-31-28-24-18-15-12-9-6-3)38-47-41(44)35-32-29-26-23-17-14-11-8-5-2/h7,10,13,16,19-22,24,28,40H,4-6,8-9,11-12,14-15,17-18,23,25-27,29-39H2,1-3H3/b10-7-,16-13-,20-19-,22-21-,28-24-. The molecule has 0 fully saturated rings. The molecular formula is C43H72O6. The Morgan fingerprint density at radius 2 is 0.837 bits per heavy atom. The second-order valence-electron chi connectivity index (χ2n) is 12.9. The molecule has 0 aliphatic carbocycles. The van der Waals surface area contributed by atoms with Crippen molar-refractivity contribution in [2.45, 2.75) is 181 Å². The molecule has 0 radical (unpaired) electrons. The van der Waals surface area contributed by atoms with E-state index in [0.717, 1.165) is 64.2 Å². The molecule has 0 amide bonds. The highest BCUT2D eigenvalue weighted by molar-refractivity contribution is 5.71. The molecule has 0 aromatic heterocycles. The molecule has 0 bridgehead atoms. The summed E-state index contributed by atoms with van der Waals surface area (Å²) in [6.45, 7) is 6.34. The topological polar surface area (TPSA) is 78.9 Å². The second kappa shape index (κ2) is 37.9. The van der Waals surface area contributed by atoms with Crippen LogP contribution in [0.1, 0.15) is 175 Å². The molecule has 0 aromatic rings. The van der Waals surface area contributed by atoms with E-state index in [1.807, 2.05) is 36.5 Å². The molecule has 0 aliphatic rings. The normalized spacial score (nSPS) is 12.6. The third-order valence-electron chi connectivity index (χ3n) is 8.10. The molecule has 1 atom stereocenters. The molecule has 0 N–H and O–H groups in total. The van der Waals surface area contributed by atoms with Gasteiger partial charge in [0, 0.05) is 19.3 Å². The smallest absolute Gasteiger partial charge is 0.306 e. The van der Waals surface area contributed by atoms with Crippen LogP contribution in [0.5, 0.6) is 0 Å². The molecule has 49 heavy (non-hydrogen) atoms. The predicted octanol–water partition coefficient (Wildman–Crippen LogP) is 12.2. The van der Waals surface area contributed by atoms with Crippen LogP contribution < -0.4 is 0 Å². The number of unbranched alkanes of at least 4 members (excludes halogenated alkanes) is 16. The van der Waals surface area contributed by atoms with Crippen LogP contribution in [0.2, 0.25) is 0 Å². The number of rotatable bonds is 34. The van der Waals surface area contributed by atoms with Crippen LogP contribution in [0.25, 0.3) is 0 Å². The molecule has 6 nitrogen and oxygen atoms in total. The Hall–Kier alpha value is -2.89. The molecule has 0 aliphatic heterocycles. The van der Waals surface area contributed by atoms with Crippen molar-refractivity contribution in [3.05, 3.63) is 60.8 Å². The predicted molar refractivity (Wildman–Crippen MR) is 205 cm³/mol. The number of hydrogen-bond donors (Lipinski definition) is 0. The Balaban J connectivity index is 4.48. The average molecular weight is 685 g/mol. The number of carbonyl (C=O) groups is 3. The fourth-order valence-corrected chi connectivity index (χ4v) is 5.10. The largest absolute Gasteiger partial charge is 0.462 e.